The number of rotatable bonds is 4. The van der Waals surface area contributed by atoms with E-state index in [1.54, 1.807) is 10.9 Å². The fraction of sp³-hybridized carbons (Fsp3) is 0.250. The third-order valence-corrected chi connectivity index (χ3v) is 4.72. The van der Waals surface area contributed by atoms with E-state index in [-0.39, 0.29) is 5.75 Å². The molecular formula is C12H12BrN3O2S. The molecule has 7 heteroatoms. The largest absolute Gasteiger partial charge is 0.481 e. The molecule has 0 fully saturated rings. The Balaban J connectivity index is 2.37. The van der Waals surface area contributed by atoms with Crippen molar-refractivity contribution in [2.45, 2.75) is 19.0 Å². The van der Waals surface area contributed by atoms with Gasteiger partial charge in [0.1, 0.15) is 6.33 Å². The highest BCUT2D eigenvalue weighted by molar-refractivity contribution is 9.10. The lowest BCUT2D eigenvalue weighted by atomic mass is 10.1. The van der Waals surface area contributed by atoms with Crippen molar-refractivity contribution in [3.05, 3.63) is 34.1 Å². The number of hydrogen-bond donors (Lipinski definition) is 1. The van der Waals surface area contributed by atoms with E-state index in [0.29, 0.717) is 5.16 Å². The molecule has 1 aromatic heterocycles. The van der Waals surface area contributed by atoms with Crippen LogP contribution >= 0.6 is 27.7 Å². The van der Waals surface area contributed by atoms with Crippen molar-refractivity contribution in [2.24, 2.45) is 0 Å². The number of benzene rings is 1. The summed E-state index contributed by atoms with van der Waals surface area (Å²) >= 11 is 4.67. The number of carbonyl (C=O) groups is 1. The van der Waals surface area contributed by atoms with Gasteiger partial charge >= 0.3 is 5.97 Å². The molecule has 1 heterocycles. The quantitative estimate of drug-likeness (QED) is 0.866. The summed E-state index contributed by atoms with van der Waals surface area (Å²) in [6.45, 7) is 4.02. The molecule has 0 amide bonds. The molecule has 2 rings (SSSR count). The second kappa shape index (κ2) is 5.75. The third-order valence-electron chi connectivity index (χ3n) is 2.54. The van der Waals surface area contributed by atoms with Crippen molar-refractivity contribution in [2.75, 3.05) is 5.75 Å². The van der Waals surface area contributed by atoms with Gasteiger partial charge in [0.25, 0.3) is 0 Å². The second-order valence-corrected chi connectivity index (χ2v) is 5.79. The summed E-state index contributed by atoms with van der Waals surface area (Å²) < 4.78 is 2.86. The van der Waals surface area contributed by atoms with Crippen LogP contribution in [-0.2, 0) is 4.79 Å². The molecule has 100 valence electrons. The zero-order valence-electron chi connectivity index (χ0n) is 10.4. The van der Waals surface area contributed by atoms with Crippen molar-refractivity contribution in [3.63, 3.8) is 0 Å². The minimum Gasteiger partial charge on any atom is -0.481 e. The molecule has 0 radical (unpaired) electrons. The molecular weight excluding hydrogens is 330 g/mol. The maximum absolute atomic E-state index is 10.6. The van der Waals surface area contributed by atoms with Gasteiger partial charge in [-0.2, -0.15) is 0 Å². The van der Waals surface area contributed by atoms with Crippen molar-refractivity contribution in [1.82, 2.24) is 14.8 Å². The lowest BCUT2D eigenvalue weighted by Crippen LogP contribution is -2.02. The molecule has 19 heavy (non-hydrogen) atoms. The monoisotopic (exact) mass is 341 g/mol. The molecule has 0 bridgehead atoms. The summed E-state index contributed by atoms with van der Waals surface area (Å²) in [6, 6.07) is 4.01. The van der Waals surface area contributed by atoms with Gasteiger partial charge in [-0.15, -0.1) is 10.2 Å². The van der Waals surface area contributed by atoms with Crippen molar-refractivity contribution in [1.29, 1.82) is 0 Å². The SMILES string of the molecule is Cc1cc(-n2cnnc2SCC(=O)O)cc(C)c1Br. The fourth-order valence-electron chi connectivity index (χ4n) is 1.69. The van der Waals surface area contributed by atoms with Gasteiger partial charge in [-0.3, -0.25) is 9.36 Å². The third kappa shape index (κ3) is 3.16. The molecule has 0 atom stereocenters. The summed E-state index contributed by atoms with van der Waals surface area (Å²) in [4.78, 5) is 10.6. The Morgan fingerprint density at radius 1 is 1.42 bits per heavy atom. The Kier molecular flexibility index (Phi) is 4.26. The van der Waals surface area contributed by atoms with E-state index in [4.69, 9.17) is 5.11 Å². The first kappa shape index (κ1) is 14.1. The van der Waals surface area contributed by atoms with Crippen LogP contribution in [0.4, 0.5) is 0 Å². The van der Waals surface area contributed by atoms with Gasteiger partial charge in [0.2, 0.25) is 0 Å². The predicted molar refractivity (Wildman–Crippen MR) is 76.9 cm³/mol. The summed E-state index contributed by atoms with van der Waals surface area (Å²) in [5.41, 5.74) is 3.15. The highest BCUT2D eigenvalue weighted by atomic mass is 79.9. The zero-order chi connectivity index (χ0) is 14.0. The number of nitrogens with zero attached hydrogens (tertiary/aromatic N) is 3. The number of halogens is 1. The normalized spacial score (nSPS) is 10.7. The molecule has 0 unspecified atom stereocenters. The summed E-state index contributed by atoms with van der Waals surface area (Å²) in [5.74, 6) is -0.907. The van der Waals surface area contributed by atoms with E-state index in [2.05, 4.69) is 26.1 Å². The molecule has 0 saturated heterocycles. The van der Waals surface area contributed by atoms with E-state index in [1.165, 1.54) is 0 Å². The number of carboxylic acids is 1. The molecule has 0 spiro atoms. The summed E-state index contributed by atoms with van der Waals surface area (Å²) in [6.07, 6.45) is 1.59. The first-order chi connectivity index (χ1) is 8.99. The van der Waals surface area contributed by atoms with Crippen LogP contribution in [0.15, 0.2) is 28.1 Å². The average molecular weight is 342 g/mol. The molecule has 5 nitrogen and oxygen atoms in total. The number of aliphatic carboxylic acids is 1. The predicted octanol–water partition coefficient (Wildman–Crippen LogP) is 2.82. The van der Waals surface area contributed by atoms with Gasteiger partial charge in [-0.1, -0.05) is 27.7 Å². The fourth-order valence-corrected chi connectivity index (χ4v) is 2.57. The summed E-state index contributed by atoms with van der Waals surface area (Å²) in [7, 11) is 0. The minimum atomic E-state index is -0.872. The lowest BCUT2D eigenvalue weighted by molar-refractivity contribution is -0.133. The van der Waals surface area contributed by atoms with Crippen molar-refractivity contribution >= 4 is 33.7 Å². The van der Waals surface area contributed by atoms with Crippen molar-refractivity contribution < 1.29 is 9.90 Å². The Labute approximate surface area is 123 Å². The van der Waals surface area contributed by atoms with Crippen LogP contribution in [-0.4, -0.2) is 31.6 Å². The lowest BCUT2D eigenvalue weighted by Gasteiger charge is -2.10. The zero-order valence-corrected chi connectivity index (χ0v) is 12.8. The topological polar surface area (TPSA) is 68.0 Å². The van der Waals surface area contributed by atoms with Crippen molar-refractivity contribution in [3.8, 4) is 5.69 Å². The van der Waals surface area contributed by atoms with E-state index in [1.807, 2.05) is 26.0 Å². The molecule has 2 aromatic rings. The Morgan fingerprint density at radius 2 is 2.05 bits per heavy atom. The summed E-state index contributed by atoms with van der Waals surface area (Å²) in [5, 5.41) is 17.1. The maximum Gasteiger partial charge on any atom is 0.313 e. The molecule has 0 aliphatic heterocycles. The molecule has 1 N–H and O–H groups in total. The average Bonchev–Trinajstić information content (AvgIpc) is 2.81. The second-order valence-electron chi connectivity index (χ2n) is 4.06. The van der Waals surface area contributed by atoms with Gasteiger partial charge in [0.15, 0.2) is 5.16 Å². The smallest absolute Gasteiger partial charge is 0.313 e. The van der Waals surface area contributed by atoms with E-state index in [0.717, 1.165) is 33.0 Å². The number of hydrogen-bond acceptors (Lipinski definition) is 4. The number of aryl methyl sites for hydroxylation is 2. The van der Waals surface area contributed by atoms with Crippen LogP contribution in [0.25, 0.3) is 5.69 Å². The van der Waals surface area contributed by atoms with Gasteiger partial charge in [0.05, 0.1) is 5.75 Å². The molecule has 0 aliphatic rings. The van der Waals surface area contributed by atoms with Gasteiger partial charge < -0.3 is 5.11 Å². The van der Waals surface area contributed by atoms with E-state index >= 15 is 0 Å². The maximum atomic E-state index is 10.6. The Hall–Kier alpha value is -1.34. The number of aromatic nitrogens is 3. The van der Waals surface area contributed by atoms with Gasteiger partial charge in [0, 0.05) is 10.2 Å². The molecule has 1 aromatic carbocycles. The Morgan fingerprint density at radius 3 is 2.63 bits per heavy atom. The van der Waals surface area contributed by atoms with Crippen LogP contribution in [0.1, 0.15) is 11.1 Å². The van der Waals surface area contributed by atoms with Crippen LogP contribution in [0.3, 0.4) is 0 Å². The van der Waals surface area contributed by atoms with Gasteiger partial charge in [-0.05, 0) is 37.1 Å². The highest BCUT2D eigenvalue weighted by Gasteiger charge is 2.11. The van der Waals surface area contributed by atoms with Crippen LogP contribution in [0.2, 0.25) is 0 Å². The van der Waals surface area contributed by atoms with Crippen LogP contribution < -0.4 is 0 Å². The van der Waals surface area contributed by atoms with Crippen LogP contribution in [0.5, 0.6) is 0 Å². The highest BCUT2D eigenvalue weighted by Crippen LogP contribution is 2.26. The first-order valence-corrected chi connectivity index (χ1v) is 7.28. The molecule has 0 aliphatic carbocycles. The number of thioether (sulfide) groups is 1. The Bertz CT molecular complexity index is 604. The first-order valence-electron chi connectivity index (χ1n) is 5.50. The van der Waals surface area contributed by atoms with Crippen LogP contribution in [0, 0.1) is 13.8 Å². The number of carboxylic acid groups (broad SMARTS) is 1. The van der Waals surface area contributed by atoms with E-state index in [9.17, 15) is 4.79 Å². The minimum absolute atomic E-state index is 0.0345. The standard InChI is InChI=1S/C12H12BrN3O2S/c1-7-3-9(4-8(2)11(7)13)16-6-14-15-12(16)19-5-10(17)18/h3-4,6H,5H2,1-2H3,(H,17,18). The molecule has 0 saturated carbocycles. The van der Waals surface area contributed by atoms with Gasteiger partial charge in [-0.25, -0.2) is 0 Å². The van der Waals surface area contributed by atoms with E-state index < -0.39 is 5.97 Å².